The summed E-state index contributed by atoms with van der Waals surface area (Å²) in [5, 5.41) is 7.66. The van der Waals surface area contributed by atoms with E-state index in [1.807, 2.05) is 6.07 Å². The summed E-state index contributed by atoms with van der Waals surface area (Å²) < 4.78 is 5.22. The smallest absolute Gasteiger partial charge is 0.304 e. The number of anilines is 1. The highest BCUT2D eigenvalue weighted by molar-refractivity contribution is 7.08. The second-order valence-corrected chi connectivity index (χ2v) is 9.31. The van der Waals surface area contributed by atoms with Crippen molar-refractivity contribution >= 4 is 28.9 Å². The van der Waals surface area contributed by atoms with Crippen molar-refractivity contribution in [2.24, 2.45) is 0 Å². The Labute approximate surface area is 192 Å². The predicted octanol–water partition coefficient (Wildman–Crippen LogP) is 4.49. The molecule has 1 saturated heterocycles. The molecular formula is C26H26N2O3S. The number of piperidine rings is 1. The molecule has 164 valence electrons. The predicted molar refractivity (Wildman–Crippen MR) is 127 cm³/mol. The second kappa shape index (κ2) is 8.52. The van der Waals surface area contributed by atoms with Crippen LogP contribution in [0.25, 0.3) is 11.1 Å². The number of hydrogen-bond acceptors (Lipinski definition) is 5. The van der Waals surface area contributed by atoms with Crippen LogP contribution in [0.15, 0.2) is 59.3 Å². The van der Waals surface area contributed by atoms with Crippen molar-refractivity contribution in [3.63, 3.8) is 0 Å². The van der Waals surface area contributed by atoms with Gasteiger partial charge in [-0.1, -0.05) is 36.4 Å². The molecule has 3 aromatic rings. The molecular weight excluding hydrogens is 420 g/mol. The van der Waals surface area contributed by atoms with E-state index in [2.05, 4.69) is 58.5 Å². The van der Waals surface area contributed by atoms with Gasteiger partial charge in [-0.15, -0.1) is 0 Å². The van der Waals surface area contributed by atoms with Gasteiger partial charge in [-0.2, -0.15) is 11.3 Å². The van der Waals surface area contributed by atoms with Gasteiger partial charge in [0.2, 0.25) is 5.91 Å². The Hall–Kier alpha value is -2.96. The minimum absolute atomic E-state index is 0.0311. The first-order valence-electron chi connectivity index (χ1n) is 11.0. The lowest BCUT2D eigenvalue weighted by atomic mass is 9.73. The average molecular weight is 447 g/mol. The molecule has 6 heteroatoms. The highest BCUT2D eigenvalue weighted by atomic mass is 32.1. The molecule has 32 heavy (non-hydrogen) atoms. The van der Waals surface area contributed by atoms with Crippen LogP contribution >= 0.6 is 11.3 Å². The number of hydrogen-bond donors (Lipinski definition) is 1. The molecule has 1 spiro atoms. The first-order valence-corrected chi connectivity index (χ1v) is 11.9. The van der Waals surface area contributed by atoms with Crippen molar-refractivity contribution in [2.75, 3.05) is 24.7 Å². The van der Waals surface area contributed by atoms with Crippen LogP contribution in [0.4, 0.5) is 5.69 Å². The van der Waals surface area contributed by atoms with Crippen LogP contribution in [0.5, 0.6) is 0 Å². The van der Waals surface area contributed by atoms with Crippen LogP contribution in [0, 0.1) is 0 Å². The standard InChI is InChI=1S/C26H26N2O3S/c1-18(29)31-17-28-24-7-6-19(15-23(24)26(25(28)30)9-11-27-12-10-26)14-20-4-2-3-5-22(20)21-8-13-32-16-21/h2-8,13,15-16,27H,9-12,14,17H2,1H3. The fraction of sp³-hybridized carbons (Fsp3) is 0.308. The topological polar surface area (TPSA) is 58.6 Å². The van der Waals surface area contributed by atoms with Crippen molar-refractivity contribution in [2.45, 2.75) is 31.6 Å². The summed E-state index contributed by atoms with van der Waals surface area (Å²) in [6.45, 7) is 2.95. The first-order chi connectivity index (χ1) is 15.6. The van der Waals surface area contributed by atoms with Gasteiger partial charge in [0, 0.05) is 6.92 Å². The number of ether oxygens (including phenoxy) is 1. The van der Waals surface area contributed by atoms with E-state index in [4.69, 9.17) is 4.74 Å². The summed E-state index contributed by atoms with van der Waals surface area (Å²) in [4.78, 5) is 26.6. The lowest BCUT2D eigenvalue weighted by molar-refractivity contribution is -0.141. The van der Waals surface area contributed by atoms with Crippen molar-refractivity contribution < 1.29 is 14.3 Å². The number of carbonyl (C=O) groups excluding carboxylic acids is 2. The zero-order chi connectivity index (χ0) is 22.1. The normalized spacial score (nSPS) is 16.9. The van der Waals surface area contributed by atoms with Gasteiger partial charge < -0.3 is 10.1 Å². The largest absolute Gasteiger partial charge is 0.444 e. The van der Waals surface area contributed by atoms with E-state index in [1.165, 1.54) is 29.2 Å². The summed E-state index contributed by atoms with van der Waals surface area (Å²) >= 11 is 1.70. The SMILES string of the molecule is CC(=O)OCN1C(=O)C2(CCNCC2)c2cc(Cc3ccccc3-c3ccsc3)ccc21. The number of fused-ring (bicyclic) bond motifs is 2. The fourth-order valence-electron chi connectivity index (χ4n) is 5.01. The highest BCUT2D eigenvalue weighted by Crippen LogP contribution is 2.47. The molecule has 0 bridgehead atoms. The second-order valence-electron chi connectivity index (χ2n) is 8.53. The van der Waals surface area contributed by atoms with E-state index in [9.17, 15) is 9.59 Å². The van der Waals surface area contributed by atoms with Gasteiger partial charge in [0.05, 0.1) is 11.1 Å². The maximum atomic E-state index is 13.5. The zero-order valence-electron chi connectivity index (χ0n) is 18.1. The quantitative estimate of drug-likeness (QED) is 0.587. The molecule has 3 heterocycles. The third-order valence-electron chi connectivity index (χ3n) is 6.62. The third kappa shape index (κ3) is 3.63. The maximum absolute atomic E-state index is 13.5. The lowest BCUT2D eigenvalue weighted by Gasteiger charge is -2.33. The summed E-state index contributed by atoms with van der Waals surface area (Å²) in [6, 6.07) is 17.0. The van der Waals surface area contributed by atoms with E-state index in [0.29, 0.717) is 0 Å². The Morgan fingerprint density at radius 1 is 1.16 bits per heavy atom. The molecule has 0 aliphatic carbocycles. The molecule has 5 nitrogen and oxygen atoms in total. The molecule has 5 rings (SSSR count). The number of nitrogens with one attached hydrogen (secondary N) is 1. The summed E-state index contributed by atoms with van der Waals surface area (Å²) in [5.41, 5.74) is 6.35. The van der Waals surface area contributed by atoms with E-state index in [0.717, 1.165) is 43.6 Å². The minimum atomic E-state index is -0.538. The molecule has 2 aromatic carbocycles. The molecule has 1 amide bonds. The van der Waals surface area contributed by atoms with Gasteiger partial charge >= 0.3 is 5.97 Å². The summed E-state index contributed by atoms with van der Waals surface area (Å²) in [7, 11) is 0. The molecule has 1 N–H and O–H groups in total. The summed E-state index contributed by atoms with van der Waals surface area (Å²) in [6.07, 6.45) is 2.31. The Morgan fingerprint density at radius 2 is 1.97 bits per heavy atom. The van der Waals surface area contributed by atoms with Gasteiger partial charge in [0.25, 0.3) is 0 Å². The van der Waals surface area contributed by atoms with Crippen molar-refractivity contribution in [1.82, 2.24) is 5.32 Å². The Bertz CT molecular complexity index is 1150. The molecule has 0 unspecified atom stereocenters. The van der Waals surface area contributed by atoms with Gasteiger partial charge in [0.1, 0.15) is 0 Å². The van der Waals surface area contributed by atoms with Gasteiger partial charge in [0.15, 0.2) is 6.73 Å². The number of thiophene rings is 1. The number of esters is 1. The first kappa shape index (κ1) is 20.9. The van der Waals surface area contributed by atoms with Crippen molar-refractivity contribution in [1.29, 1.82) is 0 Å². The van der Waals surface area contributed by atoms with Gasteiger partial charge in [-0.05, 0) is 83.1 Å². The van der Waals surface area contributed by atoms with Crippen molar-refractivity contribution in [3.05, 3.63) is 76.0 Å². The molecule has 1 aromatic heterocycles. The van der Waals surface area contributed by atoms with E-state index in [1.54, 1.807) is 16.2 Å². The monoisotopic (exact) mass is 446 g/mol. The fourth-order valence-corrected chi connectivity index (χ4v) is 5.66. The van der Waals surface area contributed by atoms with Crippen LogP contribution in [0.1, 0.15) is 36.5 Å². The zero-order valence-corrected chi connectivity index (χ0v) is 18.9. The third-order valence-corrected chi connectivity index (χ3v) is 7.30. The van der Waals surface area contributed by atoms with Crippen LogP contribution in [-0.2, 0) is 26.2 Å². The molecule has 1 fully saturated rings. The Balaban J connectivity index is 1.52. The number of amides is 1. The van der Waals surface area contributed by atoms with Crippen molar-refractivity contribution in [3.8, 4) is 11.1 Å². The molecule has 0 atom stereocenters. The van der Waals surface area contributed by atoms with Crippen LogP contribution in [0.2, 0.25) is 0 Å². The van der Waals surface area contributed by atoms with Crippen LogP contribution in [-0.4, -0.2) is 31.7 Å². The Kier molecular flexibility index (Phi) is 5.57. The van der Waals surface area contributed by atoms with E-state index >= 15 is 0 Å². The number of carbonyl (C=O) groups is 2. The average Bonchev–Trinajstić information content (AvgIpc) is 3.41. The van der Waals surface area contributed by atoms with Gasteiger partial charge in [-0.25, -0.2) is 0 Å². The minimum Gasteiger partial charge on any atom is -0.444 e. The lowest BCUT2D eigenvalue weighted by Crippen LogP contribution is -2.47. The highest BCUT2D eigenvalue weighted by Gasteiger charge is 2.51. The molecule has 0 saturated carbocycles. The van der Waals surface area contributed by atoms with E-state index in [-0.39, 0.29) is 18.6 Å². The van der Waals surface area contributed by atoms with E-state index < -0.39 is 5.41 Å². The summed E-state index contributed by atoms with van der Waals surface area (Å²) in [5.74, 6) is -0.335. The van der Waals surface area contributed by atoms with Crippen LogP contribution in [0.3, 0.4) is 0 Å². The number of nitrogens with zero attached hydrogens (tertiary/aromatic N) is 1. The number of rotatable bonds is 5. The molecule has 2 aliphatic rings. The number of benzene rings is 2. The van der Waals surface area contributed by atoms with Gasteiger partial charge in [-0.3, -0.25) is 14.5 Å². The van der Waals surface area contributed by atoms with Crippen LogP contribution < -0.4 is 10.2 Å². The maximum Gasteiger partial charge on any atom is 0.304 e. The molecule has 0 radical (unpaired) electrons. The Morgan fingerprint density at radius 3 is 2.72 bits per heavy atom. The molecule has 2 aliphatic heterocycles.